The van der Waals surface area contributed by atoms with Crippen LogP contribution in [0.3, 0.4) is 0 Å². The number of hydrogen-bond donors (Lipinski definition) is 2. The molecule has 1 heterocycles. The molecule has 3 rings (SSSR count). The average Bonchev–Trinajstić information content (AvgIpc) is 2.91. The molecule has 20 heavy (non-hydrogen) atoms. The SMILES string of the molecule is NCc1cc2c(cc1OCc1cccc(O)c1)OCO2. The number of rotatable bonds is 4. The van der Waals surface area contributed by atoms with Gasteiger partial charge in [0, 0.05) is 18.2 Å². The Bertz CT molecular complexity index is 627. The van der Waals surface area contributed by atoms with Crippen molar-refractivity contribution in [3.8, 4) is 23.0 Å². The minimum Gasteiger partial charge on any atom is -0.508 e. The minimum absolute atomic E-state index is 0.218. The third kappa shape index (κ3) is 2.48. The van der Waals surface area contributed by atoms with E-state index >= 15 is 0 Å². The molecule has 0 unspecified atom stereocenters. The zero-order valence-electron chi connectivity index (χ0n) is 10.8. The summed E-state index contributed by atoms with van der Waals surface area (Å²) < 4.78 is 16.4. The summed E-state index contributed by atoms with van der Waals surface area (Å²) in [5, 5.41) is 9.43. The fourth-order valence-electron chi connectivity index (χ4n) is 2.07. The van der Waals surface area contributed by atoms with Gasteiger partial charge in [-0.3, -0.25) is 0 Å². The predicted octanol–water partition coefficient (Wildman–Crippen LogP) is 2.16. The lowest BCUT2D eigenvalue weighted by molar-refractivity contribution is 0.173. The van der Waals surface area contributed by atoms with E-state index in [1.54, 1.807) is 24.3 Å². The molecular weight excluding hydrogens is 258 g/mol. The van der Waals surface area contributed by atoms with Crippen molar-refractivity contribution in [3.63, 3.8) is 0 Å². The topological polar surface area (TPSA) is 73.9 Å². The second-order valence-electron chi connectivity index (χ2n) is 4.48. The fraction of sp³-hybridized carbons (Fsp3) is 0.200. The Balaban J connectivity index is 1.80. The summed E-state index contributed by atoms with van der Waals surface area (Å²) in [6.45, 7) is 0.919. The van der Waals surface area contributed by atoms with Crippen molar-refractivity contribution in [2.45, 2.75) is 13.2 Å². The molecule has 2 aromatic rings. The molecule has 5 heteroatoms. The van der Waals surface area contributed by atoms with Crippen molar-refractivity contribution >= 4 is 0 Å². The monoisotopic (exact) mass is 273 g/mol. The number of hydrogen-bond acceptors (Lipinski definition) is 5. The smallest absolute Gasteiger partial charge is 0.231 e. The Morgan fingerprint density at radius 1 is 1.15 bits per heavy atom. The predicted molar refractivity (Wildman–Crippen MR) is 72.9 cm³/mol. The van der Waals surface area contributed by atoms with Crippen LogP contribution in [0.4, 0.5) is 0 Å². The number of phenols is 1. The van der Waals surface area contributed by atoms with Crippen molar-refractivity contribution < 1.29 is 19.3 Å². The van der Waals surface area contributed by atoms with Gasteiger partial charge in [0.05, 0.1) is 0 Å². The van der Waals surface area contributed by atoms with E-state index in [-0.39, 0.29) is 12.5 Å². The lowest BCUT2D eigenvalue weighted by Crippen LogP contribution is -2.03. The maximum atomic E-state index is 9.43. The van der Waals surface area contributed by atoms with E-state index in [9.17, 15) is 5.11 Å². The second-order valence-corrected chi connectivity index (χ2v) is 4.48. The van der Waals surface area contributed by atoms with Gasteiger partial charge in [-0.25, -0.2) is 0 Å². The summed E-state index contributed by atoms with van der Waals surface area (Å²) in [4.78, 5) is 0. The summed E-state index contributed by atoms with van der Waals surface area (Å²) in [7, 11) is 0. The first-order valence-electron chi connectivity index (χ1n) is 6.29. The van der Waals surface area contributed by atoms with E-state index in [0.717, 1.165) is 11.1 Å². The molecule has 0 aliphatic carbocycles. The zero-order valence-corrected chi connectivity index (χ0v) is 10.8. The average molecular weight is 273 g/mol. The van der Waals surface area contributed by atoms with Gasteiger partial charge in [-0.2, -0.15) is 0 Å². The summed E-state index contributed by atoms with van der Waals surface area (Å²) in [5.74, 6) is 2.24. The highest BCUT2D eigenvalue weighted by molar-refractivity contribution is 5.51. The lowest BCUT2D eigenvalue weighted by Gasteiger charge is -2.11. The molecule has 2 aromatic carbocycles. The van der Waals surface area contributed by atoms with Gasteiger partial charge in [0.25, 0.3) is 0 Å². The third-order valence-electron chi connectivity index (χ3n) is 3.08. The van der Waals surface area contributed by atoms with Crippen LogP contribution in [0.25, 0.3) is 0 Å². The van der Waals surface area contributed by atoms with Gasteiger partial charge >= 0.3 is 0 Å². The second kappa shape index (κ2) is 5.30. The van der Waals surface area contributed by atoms with E-state index < -0.39 is 0 Å². The summed E-state index contributed by atoms with van der Waals surface area (Å²) in [6.07, 6.45) is 0. The van der Waals surface area contributed by atoms with Gasteiger partial charge in [-0.05, 0) is 23.8 Å². The van der Waals surface area contributed by atoms with E-state index in [4.69, 9.17) is 19.9 Å². The molecule has 0 fully saturated rings. The Morgan fingerprint density at radius 2 is 1.95 bits per heavy atom. The molecule has 0 saturated carbocycles. The van der Waals surface area contributed by atoms with Crippen LogP contribution >= 0.6 is 0 Å². The Morgan fingerprint density at radius 3 is 2.70 bits per heavy atom. The van der Waals surface area contributed by atoms with E-state index in [2.05, 4.69) is 0 Å². The van der Waals surface area contributed by atoms with Crippen molar-refractivity contribution in [1.29, 1.82) is 0 Å². The van der Waals surface area contributed by atoms with Crippen molar-refractivity contribution in [3.05, 3.63) is 47.5 Å². The van der Waals surface area contributed by atoms with Crippen molar-refractivity contribution in [2.75, 3.05) is 6.79 Å². The molecule has 0 radical (unpaired) electrons. The standard InChI is InChI=1S/C15H15NO4/c16-7-11-5-14-15(20-9-19-14)6-13(11)18-8-10-2-1-3-12(17)4-10/h1-6,17H,7-9,16H2. The van der Waals surface area contributed by atoms with Crippen LogP contribution in [0, 0.1) is 0 Å². The van der Waals surface area contributed by atoms with Crippen LogP contribution in [0.1, 0.15) is 11.1 Å². The molecule has 0 aromatic heterocycles. The van der Waals surface area contributed by atoms with Crippen LogP contribution in [-0.2, 0) is 13.2 Å². The Labute approximate surface area is 116 Å². The first-order valence-corrected chi connectivity index (χ1v) is 6.29. The lowest BCUT2D eigenvalue weighted by atomic mass is 10.1. The molecule has 0 atom stereocenters. The zero-order chi connectivity index (χ0) is 13.9. The summed E-state index contributed by atoms with van der Waals surface area (Å²) >= 11 is 0. The number of phenolic OH excluding ortho intramolecular Hbond substituents is 1. The maximum Gasteiger partial charge on any atom is 0.231 e. The number of fused-ring (bicyclic) bond motifs is 1. The number of ether oxygens (including phenoxy) is 3. The molecule has 1 aliphatic heterocycles. The maximum absolute atomic E-state index is 9.43. The minimum atomic E-state index is 0.218. The Hall–Kier alpha value is -2.40. The van der Waals surface area contributed by atoms with Gasteiger partial charge in [0.2, 0.25) is 6.79 Å². The molecule has 0 bridgehead atoms. The highest BCUT2D eigenvalue weighted by Gasteiger charge is 2.17. The van der Waals surface area contributed by atoms with Crippen LogP contribution < -0.4 is 19.9 Å². The fourth-order valence-corrected chi connectivity index (χ4v) is 2.07. The summed E-state index contributed by atoms with van der Waals surface area (Å²) in [5.41, 5.74) is 7.46. The van der Waals surface area contributed by atoms with Gasteiger partial charge in [-0.15, -0.1) is 0 Å². The highest BCUT2D eigenvalue weighted by Crippen LogP contribution is 2.38. The van der Waals surface area contributed by atoms with Crippen molar-refractivity contribution in [2.24, 2.45) is 5.73 Å². The van der Waals surface area contributed by atoms with Crippen LogP contribution in [0.15, 0.2) is 36.4 Å². The largest absolute Gasteiger partial charge is 0.508 e. The first kappa shape index (κ1) is 12.6. The van der Waals surface area contributed by atoms with Crippen LogP contribution in [0.5, 0.6) is 23.0 Å². The number of nitrogens with two attached hydrogens (primary N) is 1. The van der Waals surface area contributed by atoms with Gasteiger partial charge in [-0.1, -0.05) is 12.1 Å². The van der Waals surface area contributed by atoms with E-state index in [1.807, 2.05) is 12.1 Å². The molecule has 104 valence electrons. The molecule has 3 N–H and O–H groups in total. The van der Waals surface area contributed by atoms with Gasteiger partial charge < -0.3 is 25.1 Å². The van der Waals surface area contributed by atoms with E-state index in [0.29, 0.717) is 30.4 Å². The van der Waals surface area contributed by atoms with Crippen LogP contribution in [-0.4, -0.2) is 11.9 Å². The molecule has 1 aliphatic rings. The quantitative estimate of drug-likeness (QED) is 0.893. The van der Waals surface area contributed by atoms with Crippen LogP contribution in [0.2, 0.25) is 0 Å². The molecule has 0 saturated heterocycles. The van der Waals surface area contributed by atoms with Gasteiger partial charge in [0.15, 0.2) is 11.5 Å². The third-order valence-corrected chi connectivity index (χ3v) is 3.08. The number of aromatic hydroxyl groups is 1. The normalized spacial score (nSPS) is 12.4. The van der Waals surface area contributed by atoms with Gasteiger partial charge in [0.1, 0.15) is 18.1 Å². The molecule has 0 amide bonds. The van der Waals surface area contributed by atoms with E-state index in [1.165, 1.54) is 0 Å². The first-order chi connectivity index (χ1) is 9.76. The molecular formula is C15H15NO4. The summed E-state index contributed by atoms with van der Waals surface area (Å²) in [6, 6.07) is 10.6. The highest BCUT2D eigenvalue weighted by atomic mass is 16.7. The van der Waals surface area contributed by atoms with Crippen molar-refractivity contribution in [1.82, 2.24) is 0 Å². The molecule has 5 nitrogen and oxygen atoms in total. The Kier molecular flexibility index (Phi) is 3.35. The number of benzene rings is 2. The molecule has 0 spiro atoms.